The van der Waals surface area contributed by atoms with Gasteiger partial charge >= 0.3 is 0 Å². The van der Waals surface area contributed by atoms with E-state index in [1.165, 1.54) is 31.2 Å². The number of carboxylic acid groups (broad SMARTS) is 1. The van der Waals surface area contributed by atoms with E-state index in [2.05, 4.69) is 0 Å². The van der Waals surface area contributed by atoms with E-state index in [1.807, 2.05) is 0 Å². The Bertz CT molecular complexity index is 376. The predicted molar refractivity (Wildman–Crippen MR) is 53.4 cm³/mol. The summed E-state index contributed by atoms with van der Waals surface area (Å²) in [7, 11) is 0. The normalized spacial score (nSPS) is 12.1. The predicted octanol–water partition coefficient (Wildman–Crippen LogP) is 0.825. The summed E-state index contributed by atoms with van der Waals surface area (Å²) in [5.74, 6) is -1.15. The lowest BCUT2D eigenvalue weighted by Crippen LogP contribution is -2.31. The van der Waals surface area contributed by atoms with Crippen molar-refractivity contribution in [3.05, 3.63) is 34.4 Å². The summed E-state index contributed by atoms with van der Waals surface area (Å²) >= 11 is 1.09. The van der Waals surface area contributed by atoms with E-state index in [9.17, 15) is 20.0 Å². The van der Waals surface area contributed by atoms with Gasteiger partial charge in [0.1, 0.15) is 0 Å². The van der Waals surface area contributed by atoms with Gasteiger partial charge < -0.3 is 9.90 Å². The Labute approximate surface area is 90.3 Å². The van der Waals surface area contributed by atoms with Gasteiger partial charge in [-0.2, -0.15) is 0 Å². The molecule has 0 aliphatic carbocycles. The second-order valence-electron chi connectivity index (χ2n) is 2.83. The number of nitrogens with zero attached hydrogens (tertiary/aromatic N) is 1. The van der Waals surface area contributed by atoms with E-state index in [-0.39, 0.29) is 5.69 Å². The summed E-state index contributed by atoms with van der Waals surface area (Å²) < 4.78 is 0. The van der Waals surface area contributed by atoms with Crippen molar-refractivity contribution in [2.24, 2.45) is 0 Å². The van der Waals surface area contributed by atoms with Crippen LogP contribution in [0.25, 0.3) is 0 Å². The lowest BCUT2D eigenvalue weighted by Gasteiger charge is -2.11. The highest BCUT2D eigenvalue weighted by molar-refractivity contribution is 8.00. The van der Waals surface area contributed by atoms with Crippen LogP contribution in [-0.4, -0.2) is 16.1 Å². The molecule has 0 unspecified atom stereocenters. The third kappa shape index (κ3) is 3.25. The second-order valence-corrected chi connectivity index (χ2v) is 4.24. The van der Waals surface area contributed by atoms with Gasteiger partial charge in [0, 0.05) is 22.3 Å². The van der Waals surface area contributed by atoms with Gasteiger partial charge in [-0.3, -0.25) is 10.1 Å². The zero-order valence-electron chi connectivity index (χ0n) is 7.88. The number of aliphatic carboxylic acids is 1. The highest BCUT2D eigenvalue weighted by atomic mass is 32.2. The molecule has 0 aromatic heterocycles. The topological polar surface area (TPSA) is 83.3 Å². The molecular formula is C9H8NO4S-. The summed E-state index contributed by atoms with van der Waals surface area (Å²) in [6.45, 7) is 1.50. The fourth-order valence-electron chi connectivity index (χ4n) is 0.899. The van der Waals surface area contributed by atoms with E-state index in [1.54, 1.807) is 0 Å². The maximum absolute atomic E-state index is 10.4. The SMILES string of the molecule is C[C@H](Sc1ccc([N+](=O)[O-])cc1)C(=O)[O-]. The molecule has 80 valence electrons. The average Bonchev–Trinajstić information content (AvgIpc) is 2.18. The molecule has 0 N–H and O–H groups in total. The minimum absolute atomic E-state index is 0.0135. The largest absolute Gasteiger partial charge is 0.549 e. The summed E-state index contributed by atoms with van der Waals surface area (Å²) in [5.41, 5.74) is -0.0135. The van der Waals surface area contributed by atoms with Crippen LogP contribution in [0.3, 0.4) is 0 Å². The number of non-ortho nitro benzene ring substituents is 1. The van der Waals surface area contributed by atoms with Gasteiger partial charge in [0.25, 0.3) is 5.69 Å². The Kier molecular flexibility index (Phi) is 3.68. The molecule has 0 saturated carbocycles. The van der Waals surface area contributed by atoms with Crippen molar-refractivity contribution in [3.63, 3.8) is 0 Å². The zero-order chi connectivity index (χ0) is 11.4. The van der Waals surface area contributed by atoms with Crippen LogP contribution in [0.5, 0.6) is 0 Å². The lowest BCUT2D eigenvalue weighted by atomic mass is 10.3. The fraction of sp³-hybridized carbons (Fsp3) is 0.222. The first-order valence-corrected chi connectivity index (χ1v) is 5.00. The average molecular weight is 226 g/mol. The molecule has 5 nitrogen and oxygen atoms in total. The van der Waals surface area contributed by atoms with Crippen molar-refractivity contribution in [2.75, 3.05) is 0 Å². The van der Waals surface area contributed by atoms with Crippen molar-refractivity contribution in [1.82, 2.24) is 0 Å². The van der Waals surface area contributed by atoms with E-state index in [0.29, 0.717) is 4.90 Å². The number of hydrogen-bond acceptors (Lipinski definition) is 5. The number of carbonyl (C=O) groups excluding carboxylic acids is 1. The Balaban J connectivity index is 2.72. The quantitative estimate of drug-likeness (QED) is 0.431. The molecule has 1 aromatic carbocycles. The third-order valence-electron chi connectivity index (χ3n) is 1.69. The number of benzene rings is 1. The van der Waals surface area contributed by atoms with Gasteiger partial charge in [0.2, 0.25) is 0 Å². The second kappa shape index (κ2) is 4.79. The number of thioether (sulfide) groups is 1. The van der Waals surface area contributed by atoms with Crippen LogP contribution in [0, 0.1) is 10.1 Å². The van der Waals surface area contributed by atoms with E-state index >= 15 is 0 Å². The highest BCUT2D eigenvalue weighted by Crippen LogP contribution is 2.24. The van der Waals surface area contributed by atoms with Gasteiger partial charge in [0.05, 0.1) is 10.9 Å². The van der Waals surface area contributed by atoms with Crippen LogP contribution in [-0.2, 0) is 4.79 Å². The van der Waals surface area contributed by atoms with Crippen LogP contribution in [0.1, 0.15) is 6.92 Å². The van der Waals surface area contributed by atoms with Crippen LogP contribution in [0.15, 0.2) is 29.2 Å². The number of carboxylic acids is 1. The number of carbonyl (C=O) groups is 1. The molecule has 0 radical (unpaired) electrons. The molecule has 15 heavy (non-hydrogen) atoms. The molecule has 6 heteroatoms. The van der Waals surface area contributed by atoms with E-state index < -0.39 is 16.1 Å². The number of nitro groups is 1. The van der Waals surface area contributed by atoms with Crippen molar-refractivity contribution < 1.29 is 14.8 Å². The van der Waals surface area contributed by atoms with Crippen LogP contribution in [0.2, 0.25) is 0 Å². The molecule has 1 aromatic rings. The van der Waals surface area contributed by atoms with Gasteiger partial charge in [-0.1, -0.05) is 0 Å². The van der Waals surface area contributed by atoms with Gasteiger partial charge in [-0.25, -0.2) is 0 Å². The van der Waals surface area contributed by atoms with E-state index in [0.717, 1.165) is 11.8 Å². The van der Waals surface area contributed by atoms with Crippen molar-refractivity contribution in [1.29, 1.82) is 0 Å². The molecular weight excluding hydrogens is 218 g/mol. The first-order chi connectivity index (χ1) is 7.00. The Morgan fingerprint density at radius 2 is 1.93 bits per heavy atom. The molecule has 1 atom stereocenters. The van der Waals surface area contributed by atoms with Gasteiger partial charge in [-0.15, -0.1) is 11.8 Å². The summed E-state index contributed by atoms with van der Waals surface area (Å²) in [5, 5.41) is 20.1. The molecule has 0 heterocycles. The van der Waals surface area contributed by atoms with Crippen molar-refractivity contribution >= 4 is 23.4 Å². The fourth-order valence-corrected chi connectivity index (χ4v) is 1.70. The summed E-state index contributed by atoms with van der Waals surface area (Å²) in [6.07, 6.45) is 0. The Hall–Kier alpha value is -1.56. The molecule has 0 saturated heterocycles. The molecule has 0 spiro atoms. The van der Waals surface area contributed by atoms with Crippen LogP contribution >= 0.6 is 11.8 Å². The minimum Gasteiger partial charge on any atom is -0.549 e. The Morgan fingerprint density at radius 3 is 2.33 bits per heavy atom. The summed E-state index contributed by atoms with van der Waals surface area (Å²) in [4.78, 5) is 20.9. The summed E-state index contributed by atoms with van der Waals surface area (Å²) in [6, 6.07) is 5.71. The van der Waals surface area contributed by atoms with E-state index in [4.69, 9.17) is 0 Å². The van der Waals surface area contributed by atoms with Gasteiger partial charge in [0.15, 0.2) is 0 Å². The van der Waals surface area contributed by atoms with Crippen LogP contribution in [0.4, 0.5) is 5.69 Å². The van der Waals surface area contributed by atoms with Crippen molar-refractivity contribution in [2.45, 2.75) is 17.1 Å². The molecule has 0 bridgehead atoms. The monoisotopic (exact) mass is 226 g/mol. The molecule has 1 rings (SSSR count). The number of nitro benzene ring substituents is 1. The zero-order valence-corrected chi connectivity index (χ0v) is 8.69. The standard InChI is InChI=1S/C9H9NO4S/c1-6(9(11)12)15-8-4-2-7(3-5-8)10(13)14/h2-6H,1H3,(H,11,12)/p-1/t6-/m0/s1. The highest BCUT2D eigenvalue weighted by Gasteiger charge is 2.07. The van der Waals surface area contributed by atoms with Crippen molar-refractivity contribution in [3.8, 4) is 0 Å². The lowest BCUT2D eigenvalue weighted by molar-refractivity contribution is -0.384. The third-order valence-corrected chi connectivity index (χ3v) is 2.78. The number of hydrogen-bond donors (Lipinski definition) is 0. The molecule has 0 aliphatic heterocycles. The smallest absolute Gasteiger partial charge is 0.269 e. The minimum atomic E-state index is -1.15. The molecule has 0 aliphatic rings. The molecule has 0 fully saturated rings. The first kappa shape index (κ1) is 11.5. The Morgan fingerprint density at radius 1 is 1.40 bits per heavy atom. The first-order valence-electron chi connectivity index (χ1n) is 4.12. The maximum Gasteiger partial charge on any atom is 0.269 e. The number of rotatable bonds is 4. The maximum atomic E-state index is 10.4. The van der Waals surface area contributed by atoms with Crippen LogP contribution < -0.4 is 5.11 Å². The van der Waals surface area contributed by atoms with Gasteiger partial charge in [-0.05, 0) is 19.1 Å². The molecule has 0 amide bonds.